The van der Waals surface area contributed by atoms with Crippen molar-refractivity contribution in [1.29, 1.82) is 0 Å². The van der Waals surface area contributed by atoms with Crippen LogP contribution in [-0.2, 0) is 22.7 Å². The molecule has 1 unspecified atom stereocenters. The average Bonchev–Trinajstić information content (AvgIpc) is 3.48. The number of aromatic nitrogens is 1. The van der Waals surface area contributed by atoms with Crippen molar-refractivity contribution in [3.8, 4) is 16.5 Å². The summed E-state index contributed by atoms with van der Waals surface area (Å²) in [7, 11) is 1.45. The van der Waals surface area contributed by atoms with Crippen LogP contribution in [0.4, 0.5) is 0 Å². The van der Waals surface area contributed by atoms with Gasteiger partial charge in [-0.3, -0.25) is 9.69 Å². The van der Waals surface area contributed by atoms with Gasteiger partial charge in [0.1, 0.15) is 29.9 Å². The Morgan fingerprint density at radius 2 is 2.14 bits per heavy atom. The van der Waals surface area contributed by atoms with Gasteiger partial charge in [-0.2, -0.15) is 0 Å². The Kier molecular flexibility index (Phi) is 5.97. The molecule has 0 N–H and O–H groups in total. The van der Waals surface area contributed by atoms with Gasteiger partial charge in [0.25, 0.3) is 0 Å². The molecule has 152 valence electrons. The number of hydrogen-bond donors (Lipinski definition) is 0. The van der Waals surface area contributed by atoms with Crippen molar-refractivity contribution in [1.82, 2.24) is 9.88 Å². The Bertz CT molecular complexity index is 950. The first-order valence-electron chi connectivity index (χ1n) is 9.68. The zero-order valence-electron chi connectivity index (χ0n) is 16.6. The summed E-state index contributed by atoms with van der Waals surface area (Å²) in [6, 6.07) is 11.8. The highest BCUT2D eigenvalue weighted by atomic mass is 32.1. The Morgan fingerprint density at radius 3 is 2.86 bits per heavy atom. The fourth-order valence-electron chi connectivity index (χ4n) is 3.56. The lowest BCUT2D eigenvalue weighted by Gasteiger charge is -2.22. The second-order valence-corrected chi connectivity index (χ2v) is 8.03. The lowest BCUT2D eigenvalue weighted by molar-refractivity contribution is -0.146. The highest BCUT2D eigenvalue weighted by molar-refractivity contribution is 7.13. The van der Waals surface area contributed by atoms with Crippen LogP contribution >= 0.6 is 11.3 Å². The Hall–Kier alpha value is -2.64. The minimum absolute atomic E-state index is 0.136. The lowest BCUT2D eigenvalue weighted by Crippen LogP contribution is -2.36. The number of oxazole rings is 1. The van der Waals surface area contributed by atoms with Crippen molar-refractivity contribution in [2.45, 2.75) is 39.0 Å². The quantitative estimate of drug-likeness (QED) is 0.535. The summed E-state index contributed by atoms with van der Waals surface area (Å²) in [6.07, 6.45) is 1.88. The molecule has 4 rings (SSSR count). The van der Waals surface area contributed by atoms with Gasteiger partial charge >= 0.3 is 5.97 Å². The van der Waals surface area contributed by atoms with Crippen LogP contribution in [0.15, 0.2) is 46.2 Å². The van der Waals surface area contributed by atoms with Gasteiger partial charge < -0.3 is 13.9 Å². The average molecular weight is 413 g/mol. The largest absolute Gasteiger partial charge is 0.487 e. The summed E-state index contributed by atoms with van der Waals surface area (Å²) in [6.45, 7) is 3.90. The maximum absolute atomic E-state index is 11.9. The first kappa shape index (κ1) is 19.7. The van der Waals surface area contributed by atoms with Crippen molar-refractivity contribution in [2.75, 3.05) is 13.7 Å². The molecule has 1 aliphatic heterocycles. The Balaban J connectivity index is 1.35. The molecular formula is C22H24N2O4S. The number of likely N-dealkylation sites (tertiary alicyclic amines) is 1. The molecule has 2 aromatic heterocycles. The summed E-state index contributed by atoms with van der Waals surface area (Å²) < 4.78 is 16.6. The van der Waals surface area contributed by atoms with Crippen LogP contribution in [0.1, 0.15) is 29.9 Å². The van der Waals surface area contributed by atoms with Crippen LogP contribution in [0.5, 0.6) is 5.75 Å². The van der Waals surface area contributed by atoms with Gasteiger partial charge in [-0.1, -0.05) is 18.2 Å². The van der Waals surface area contributed by atoms with Gasteiger partial charge in [0.05, 0.1) is 12.0 Å². The number of rotatable bonds is 7. The molecule has 0 spiro atoms. The SMILES string of the molecule is COC(=O)C1CCCN1Cc1ccc(OCc2nc(-c3cccs3)oc2C)cc1. The molecule has 1 fully saturated rings. The molecule has 3 aromatic rings. The zero-order chi connectivity index (χ0) is 20.2. The molecule has 1 atom stereocenters. The normalized spacial score (nSPS) is 16.8. The van der Waals surface area contributed by atoms with Gasteiger partial charge in [0, 0.05) is 6.54 Å². The number of hydrogen-bond acceptors (Lipinski definition) is 7. The van der Waals surface area contributed by atoms with E-state index in [-0.39, 0.29) is 12.0 Å². The van der Waals surface area contributed by atoms with E-state index in [1.54, 1.807) is 11.3 Å². The van der Waals surface area contributed by atoms with E-state index in [1.165, 1.54) is 7.11 Å². The first-order valence-corrected chi connectivity index (χ1v) is 10.6. The Morgan fingerprint density at radius 1 is 1.31 bits per heavy atom. The molecule has 1 aromatic carbocycles. The highest BCUT2D eigenvalue weighted by Crippen LogP contribution is 2.27. The molecule has 1 saturated heterocycles. The number of esters is 1. The molecule has 0 bridgehead atoms. The number of ether oxygens (including phenoxy) is 2. The first-order chi connectivity index (χ1) is 14.1. The maximum atomic E-state index is 11.9. The zero-order valence-corrected chi connectivity index (χ0v) is 17.4. The molecule has 0 radical (unpaired) electrons. The lowest BCUT2D eigenvalue weighted by atomic mass is 10.2. The second kappa shape index (κ2) is 8.80. The number of carbonyl (C=O) groups excluding carboxylic acids is 1. The van der Waals surface area contributed by atoms with Gasteiger partial charge in [0.2, 0.25) is 5.89 Å². The van der Waals surface area contributed by atoms with Crippen LogP contribution in [-0.4, -0.2) is 35.5 Å². The van der Waals surface area contributed by atoms with E-state index < -0.39 is 0 Å². The number of methoxy groups -OCH3 is 1. The van der Waals surface area contributed by atoms with E-state index in [9.17, 15) is 4.79 Å². The molecule has 1 aliphatic rings. The van der Waals surface area contributed by atoms with Crippen molar-refractivity contribution in [2.24, 2.45) is 0 Å². The predicted octanol–water partition coefficient (Wildman–Crippen LogP) is 4.43. The molecule has 0 amide bonds. The van der Waals surface area contributed by atoms with Crippen molar-refractivity contribution in [3.63, 3.8) is 0 Å². The molecule has 0 saturated carbocycles. The standard InChI is InChI=1S/C22H24N2O4S/c1-15-18(23-21(28-15)20-6-4-12-29-20)14-27-17-9-7-16(8-10-17)13-24-11-3-5-19(24)22(25)26-2/h4,6-10,12,19H,3,5,11,13-14H2,1-2H3. The minimum Gasteiger partial charge on any atom is -0.487 e. The Labute approximate surface area is 174 Å². The number of aryl methyl sites for hydroxylation is 1. The van der Waals surface area contributed by atoms with Crippen molar-refractivity contribution < 1.29 is 18.7 Å². The third-order valence-corrected chi connectivity index (χ3v) is 6.00. The topological polar surface area (TPSA) is 64.8 Å². The van der Waals surface area contributed by atoms with E-state index >= 15 is 0 Å². The monoisotopic (exact) mass is 412 g/mol. The number of carbonyl (C=O) groups is 1. The molecule has 6 nitrogen and oxygen atoms in total. The molecule has 3 heterocycles. The summed E-state index contributed by atoms with van der Waals surface area (Å²) in [5, 5.41) is 2.00. The van der Waals surface area contributed by atoms with E-state index in [0.717, 1.165) is 53.6 Å². The third-order valence-electron chi connectivity index (χ3n) is 5.15. The van der Waals surface area contributed by atoms with Crippen LogP contribution in [0.2, 0.25) is 0 Å². The minimum atomic E-state index is -0.146. The highest BCUT2D eigenvalue weighted by Gasteiger charge is 2.31. The molecule has 29 heavy (non-hydrogen) atoms. The van der Waals surface area contributed by atoms with Gasteiger partial charge in [-0.05, 0) is 55.5 Å². The summed E-state index contributed by atoms with van der Waals surface area (Å²) >= 11 is 1.60. The van der Waals surface area contributed by atoms with Crippen LogP contribution < -0.4 is 4.74 Å². The number of thiophene rings is 1. The smallest absolute Gasteiger partial charge is 0.323 e. The summed E-state index contributed by atoms with van der Waals surface area (Å²) in [5.41, 5.74) is 1.95. The van der Waals surface area contributed by atoms with E-state index in [2.05, 4.69) is 9.88 Å². The van der Waals surface area contributed by atoms with Gasteiger partial charge in [-0.25, -0.2) is 4.98 Å². The van der Waals surface area contributed by atoms with Crippen molar-refractivity contribution in [3.05, 3.63) is 58.8 Å². The summed E-state index contributed by atoms with van der Waals surface area (Å²) in [5.74, 6) is 2.04. The van der Waals surface area contributed by atoms with Gasteiger partial charge in [0.15, 0.2) is 0 Å². The van der Waals surface area contributed by atoms with E-state index in [4.69, 9.17) is 13.9 Å². The van der Waals surface area contributed by atoms with Gasteiger partial charge in [-0.15, -0.1) is 11.3 Å². The van der Waals surface area contributed by atoms with E-state index in [0.29, 0.717) is 12.5 Å². The third kappa shape index (κ3) is 4.52. The van der Waals surface area contributed by atoms with Crippen LogP contribution in [0, 0.1) is 6.92 Å². The molecule has 7 heteroatoms. The summed E-state index contributed by atoms with van der Waals surface area (Å²) in [4.78, 5) is 19.6. The molecular weight excluding hydrogens is 388 g/mol. The predicted molar refractivity (Wildman–Crippen MR) is 111 cm³/mol. The molecule has 0 aliphatic carbocycles. The second-order valence-electron chi connectivity index (χ2n) is 7.08. The van der Waals surface area contributed by atoms with Crippen LogP contribution in [0.3, 0.4) is 0 Å². The number of benzene rings is 1. The van der Waals surface area contributed by atoms with E-state index in [1.807, 2.05) is 48.7 Å². The van der Waals surface area contributed by atoms with Crippen LogP contribution in [0.25, 0.3) is 10.8 Å². The fraction of sp³-hybridized carbons (Fsp3) is 0.364. The van der Waals surface area contributed by atoms with Crippen molar-refractivity contribution >= 4 is 17.3 Å². The maximum Gasteiger partial charge on any atom is 0.323 e. The number of nitrogens with zero attached hydrogens (tertiary/aromatic N) is 2. The fourth-order valence-corrected chi connectivity index (χ4v) is 4.21.